The van der Waals surface area contributed by atoms with Crippen LogP contribution >= 0.6 is 0 Å². The van der Waals surface area contributed by atoms with E-state index in [0.29, 0.717) is 22.7 Å². The molecule has 0 unspecified atom stereocenters. The summed E-state index contributed by atoms with van der Waals surface area (Å²) in [5.74, 6) is 1.15. The van der Waals surface area contributed by atoms with Crippen molar-refractivity contribution in [2.45, 2.75) is 58.5 Å². The monoisotopic (exact) mass is 398 g/mol. The molecule has 5 nitrogen and oxygen atoms in total. The number of benzene rings is 1. The van der Waals surface area contributed by atoms with E-state index in [1.165, 1.54) is 6.07 Å². The molecule has 1 N–H and O–H groups in total. The molecule has 1 saturated carbocycles. The fourth-order valence-electron chi connectivity index (χ4n) is 3.96. The second-order valence-corrected chi connectivity index (χ2v) is 7.75. The molecular formula is C22H24F2N4O. The third-order valence-electron chi connectivity index (χ3n) is 5.81. The van der Waals surface area contributed by atoms with Crippen LogP contribution in [0.15, 0.2) is 35.3 Å². The number of halogens is 2. The number of rotatable bonds is 5. The SMILES string of the molecule is Cc1nc(N[C@H](C)c2cccc(C(F)F)c2C)c2cn(C3CCC3)c(=O)cc2n1. The molecule has 0 amide bonds. The Bertz CT molecular complexity index is 1120. The van der Waals surface area contributed by atoms with Gasteiger partial charge in [-0.05, 0) is 51.2 Å². The highest BCUT2D eigenvalue weighted by molar-refractivity contribution is 5.88. The Morgan fingerprint density at radius 1 is 1.17 bits per heavy atom. The normalized spacial score (nSPS) is 15.5. The van der Waals surface area contributed by atoms with E-state index < -0.39 is 6.43 Å². The largest absolute Gasteiger partial charge is 0.363 e. The van der Waals surface area contributed by atoms with Crippen LogP contribution in [-0.4, -0.2) is 14.5 Å². The Kier molecular flexibility index (Phi) is 5.06. The number of anilines is 1. The van der Waals surface area contributed by atoms with Gasteiger partial charge < -0.3 is 9.88 Å². The van der Waals surface area contributed by atoms with Gasteiger partial charge in [0.05, 0.1) is 16.9 Å². The molecule has 4 rings (SSSR count). The van der Waals surface area contributed by atoms with E-state index in [0.717, 1.165) is 30.2 Å². The summed E-state index contributed by atoms with van der Waals surface area (Å²) in [6, 6.07) is 6.50. The molecule has 29 heavy (non-hydrogen) atoms. The third kappa shape index (κ3) is 3.61. The van der Waals surface area contributed by atoms with E-state index in [1.807, 2.05) is 19.2 Å². The third-order valence-corrected chi connectivity index (χ3v) is 5.81. The zero-order valence-electron chi connectivity index (χ0n) is 16.7. The minimum Gasteiger partial charge on any atom is -0.363 e. The van der Waals surface area contributed by atoms with Crippen molar-refractivity contribution in [3.63, 3.8) is 0 Å². The van der Waals surface area contributed by atoms with Crippen molar-refractivity contribution < 1.29 is 8.78 Å². The fourth-order valence-corrected chi connectivity index (χ4v) is 3.96. The number of aromatic nitrogens is 3. The van der Waals surface area contributed by atoms with Gasteiger partial charge >= 0.3 is 0 Å². The molecule has 2 aromatic heterocycles. The van der Waals surface area contributed by atoms with Crippen molar-refractivity contribution in [1.82, 2.24) is 14.5 Å². The van der Waals surface area contributed by atoms with Gasteiger partial charge in [-0.25, -0.2) is 18.7 Å². The Morgan fingerprint density at radius 2 is 1.90 bits per heavy atom. The van der Waals surface area contributed by atoms with Gasteiger partial charge in [0, 0.05) is 23.9 Å². The Morgan fingerprint density at radius 3 is 2.55 bits per heavy atom. The highest BCUT2D eigenvalue weighted by Crippen LogP contribution is 2.33. The molecule has 0 radical (unpaired) electrons. The topological polar surface area (TPSA) is 59.8 Å². The second-order valence-electron chi connectivity index (χ2n) is 7.75. The first-order chi connectivity index (χ1) is 13.8. The zero-order valence-corrected chi connectivity index (χ0v) is 16.7. The number of pyridine rings is 1. The van der Waals surface area contributed by atoms with Crippen LogP contribution in [0.5, 0.6) is 0 Å². The number of aryl methyl sites for hydroxylation is 1. The minimum atomic E-state index is -2.51. The summed E-state index contributed by atoms with van der Waals surface area (Å²) in [5, 5.41) is 4.12. The molecule has 0 bridgehead atoms. The molecule has 1 aliphatic carbocycles. The Labute approximate surface area is 167 Å². The number of nitrogens with one attached hydrogen (secondary N) is 1. The summed E-state index contributed by atoms with van der Waals surface area (Å²) in [6.07, 6.45) is 2.44. The average Bonchev–Trinajstić information content (AvgIpc) is 2.61. The number of fused-ring (bicyclic) bond motifs is 1. The first-order valence-corrected chi connectivity index (χ1v) is 9.89. The maximum atomic E-state index is 13.3. The van der Waals surface area contributed by atoms with Gasteiger partial charge in [-0.1, -0.05) is 18.2 Å². The van der Waals surface area contributed by atoms with Gasteiger partial charge in [0.1, 0.15) is 11.6 Å². The lowest BCUT2D eigenvalue weighted by Crippen LogP contribution is -2.28. The number of nitrogens with zero attached hydrogens (tertiary/aromatic N) is 3. The van der Waals surface area contributed by atoms with E-state index in [2.05, 4.69) is 15.3 Å². The summed E-state index contributed by atoms with van der Waals surface area (Å²) in [5.41, 5.74) is 1.94. The minimum absolute atomic E-state index is 0.0405. The highest BCUT2D eigenvalue weighted by atomic mass is 19.3. The average molecular weight is 398 g/mol. The molecule has 0 saturated heterocycles. The molecule has 1 aromatic carbocycles. The number of alkyl halides is 2. The van der Waals surface area contributed by atoms with E-state index in [9.17, 15) is 13.6 Å². The summed E-state index contributed by atoms with van der Waals surface area (Å²) < 4.78 is 28.3. The smallest absolute Gasteiger partial charge is 0.264 e. The van der Waals surface area contributed by atoms with Crippen LogP contribution in [0.3, 0.4) is 0 Å². The van der Waals surface area contributed by atoms with E-state index in [-0.39, 0.29) is 23.2 Å². The van der Waals surface area contributed by atoms with Gasteiger partial charge in [-0.2, -0.15) is 0 Å². The summed E-state index contributed by atoms with van der Waals surface area (Å²) in [6.45, 7) is 5.41. The van der Waals surface area contributed by atoms with Crippen molar-refractivity contribution in [3.05, 3.63) is 63.3 Å². The lowest BCUT2D eigenvalue weighted by atomic mass is 9.92. The van der Waals surface area contributed by atoms with Gasteiger partial charge in [0.15, 0.2) is 0 Å². The van der Waals surface area contributed by atoms with E-state index in [4.69, 9.17) is 0 Å². The molecule has 1 atom stereocenters. The van der Waals surface area contributed by atoms with Crippen molar-refractivity contribution in [2.24, 2.45) is 0 Å². The maximum absolute atomic E-state index is 13.3. The van der Waals surface area contributed by atoms with Crippen molar-refractivity contribution in [3.8, 4) is 0 Å². The Hall–Kier alpha value is -2.83. The van der Waals surface area contributed by atoms with Crippen LogP contribution in [0.1, 0.15) is 67.2 Å². The molecule has 7 heteroatoms. The van der Waals surface area contributed by atoms with E-state index in [1.54, 1.807) is 30.5 Å². The van der Waals surface area contributed by atoms with Crippen molar-refractivity contribution >= 4 is 16.7 Å². The lowest BCUT2D eigenvalue weighted by Gasteiger charge is -2.28. The van der Waals surface area contributed by atoms with Crippen molar-refractivity contribution in [1.29, 1.82) is 0 Å². The second kappa shape index (κ2) is 7.54. The van der Waals surface area contributed by atoms with Crippen LogP contribution in [0, 0.1) is 13.8 Å². The zero-order chi connectivity index (χ0) is 20.7. The van der Waals surface area contributed by atoms with Gasteiger partial charge in [-0.3, -0.25) is 4.79 Å². The molecule has 1 fully saturated rings. The standard InChI is InChI=1S/C22H24F2N4O/c1-12-16(8-5-9-17(12)21(23)24)13(2)25-22-18-11-28(15-6-4-7-15)20(29)10-19(18)26-14(3)27-22/h5,8-11,13,15,21H,4,6-7H2,1-3H3,(H,25,26,27)/t13-/m1/s1. The molecule has 0 spiro atoms. The highest BCUT2D eigenvalue weighted by Gasteiger charge is 2.22. The molecule has 152 valence electrons. The first kappa shape index (κ1) is 19.5. The molecular weight excluding hydrogens is 374 g/mol. The summed E-state index contributed by atoms with van der Waals surface area (Å²) in [4.78, 5) is 21.4. The molecule has 0 aliphatic heterocycles. The number of hydrogen-bond donors (Lipinski definition) is 1. The predicted molar refractivity (Wildman–Crippen MR) is 110 cm³/mol. The Balaban J connectivity index is 1.76. The number of hydrogen-bond acceptors (Lipinski definition) is 4. The summed E-state index contributed by atoms with van der Waals surface area (Å²) >= 11 is 0. The van der Waals surface area contributed by atoms with Gasteiger partial charge in [-0.15, -0.1) is 0 Å². The maximum Gasteiger partial charge on any atom is 0.264 e. The van der Waals surface area contributed by atoms with Crippen LogP contribution in [-0.2, 0) is 0 Å². The van der Waals surface area contributed by atoms with Gasteiger partial charge in [0.25, 0.3) is 12.0 Å². The fraction of sp³-hybridized carbons (Fsp3) is 0.409. The van der Waals surface area contributed by atoms with E-state index >= 15 is 0 Å². The quantitative estimate of drug-likeness (QED) is 0.638. The lowest BCUT2D eigenvalue weighted by molar-refractivity contribution is 0.150. The summed E-state index contributed by atoms with van der Waals surface area (Å²) in [7, 11) is 0. The first-order valence-electron chi connectivity index (χ1n) is 9.89. The van der Waals surface area contributed by atoms with Crippen LogP contribution < -0.4 is 10.9 Å². The van der Waals surface area contributed by atoms with Crippen molar-refractivity contribution in [2.75, 3.05) is 5.32 Å². The predicted octanol–water partition coefficient (Wildman–Crippen LogP) is 5.24. The van der Waals surface area contributed by atoms with Crippen LogP contribution in [0.2, 0.25) is 0 Å². The molecule has 3 aromatic rings. The molecule has 1 aliphatic rings. The van der Waals surface area contributed by atoms with Crippen LogP contribution in [0.25, 0.3) is 10.9 Å². The molecule has 2 heterocycles. The van der Waals surface area contributed by atoms with Gasteiger partial charge in [0.2, 0.25) is 0 Å². The van der Waals surface area contributed by atoms with Crippen LogP contribution in [0.4, 0.5) is 14.6 Å².